The molecule has 14 heavy (non-hydrogen) atoms. The smallest absolute Gasteiger partial charge is 0.237 e. The summed E-state index contributed by atoms with van der Waals surface area (Å²) in [6, 6.07) is -0.918. The van der Waals surface area contributed by atoms with Crippen LogP contribution >= 0.6 is 0 Å². The van der Waals surface area contributed by atoms with Crippen molar-refractivity contribution >= 4 is 5.91 Å². The summed E-state index contributed by atoms with van der Waals surface area (Å²) >= 11 is 0. The highest BCUT2D eigenvalue weighted by Crippen LogP contribution is 1.98. The maximum atomic E-state index is 11.4. The predicted octanol–water partition coefficient (Wildman–Crippen LogP) is -0.907. The first-order valence-corrected chi connectivity index (χ1v) is 4.68. The first-order chi connectivity index (χ1) is 6.52. The molecule has 0 aromatic heterocycles. The number of carbonyl (C=O) groups excluding carboxylic acids is 1. The summed E-state index contributed by atoms with van der Waals surface area (Å²) in [6.07, 6.45) is 0. The number of nitrogens with two attached hydrogens (primary N) is 1. The van der Waals surface area contributed by atoms with E-state index < -0.39 is 6.04 Å². The molecule has 0 spiro atoms. The zero-order valence-electron chi connectivity index (χ0n) is 8.99. The molecule has 0 saturated heterocycles. The van der Waals surface area contributed by atoms with Gasteiger partial charge in [-0.3, -0.25) is 4.79 Å². The molecule has 0 radical (unpaired) electrons. The van der Waals surface area contributed by atoms with Crippen LogP contribution in [-0.2, 0) is 9.53 Å². The van der Waals surface area contributed by atoms with Crippen LogP contribution in [0.3, 0.4) is 0 Å². The van der Waals surface area contributed by atoms with E-state index in [9.17, 15) is 4.79 Å². The van der Waals surface area contributed by atoms with Crippen LogP contribution in [0, 0.1) is 5.92 Å². The fraction of sp³-hybridized carbons (Fsp3) is 0.889. The summed E-state index contributed by atoms with van der Waals surface area (Å²) in [5, 5.41) is 11.5. The molecule has 0 aromatic carbocycles. The van der Waals surface area contributed by atoms with Crippen molar-refractivity contribution in [3.05, 3.63) is 0 Å². The van der Waals surface area contributed by atoms with Gasteiger partial charge in [0.05, 0.1) is 25.3 Å². The van der Waals surface area contributed by atoms with E-state index in [4.69, 9.17) is 15.6 Å². The van der Waals surface area contributed by atoms with E-state index in [1.54, 1.807) is 0 Å². The Balaban J connectivity index is 4.01. The number of nitrogens with one attached hydrogen (secondary N) is 1. The highest BCUT2D eigenvalue weighted by atomic mass is 16.5. The highest BCUT2D eigenvalue weighted by Gasteiger charge is 2.19. The lowest BCUT2D eigenvalue weighted by molar-refractivity contribution is -0.124. The molecular formula is C9H20N2O3. The van der Waals surface area contributed by atoms with E-state index in [0.29, 0.717) is 0 Å². The number of aliphatic hydroxyl groups is 1. The molecule has 5 heteroatoms. The second-order valence-electron chi connectivity index (χ2n) is 3.61. The summed E-state index contributed by atoms with van der Waals surface area (Å²) < 4.78 is 4.82. The zero-order valence-corrected chi connectivity index (χ0v) is 8.99. The van der Waals surface area contributed by atoms with Crippen molar-refractivity contribution in [2.75, 3.05) is 20.3 Å². The molecule has 0 fully saturated rings. The zero-order chi connectivity index (χ0) is 11.1. The van der Waals surface area contributed by atoms with Gasteiger partial charge in [-0.1, -0.05) is 13.8 Å². The number of amides is 1. The summed E-state index contributed by atoms with van der Waals surface area (Å²) in [6.45, 7) is 3.88. The third-order valence-corrected chi connectivity index (χ3v) is 1.96. The van der Waals surface area contributed by atoms with Gasteiger partial charge in [-0.25, -0.2) is 0 Å². The van der Waals surface area contributed by atoms with Crippen LogP contribution in [0.1, 0.15) is 13.8 Å². The van der Waals surface area contributed by atoms with Crippen LogP contribution < -0.4 is 11.1 Å². The molecule has 0 aliphatic rings. The Bertz CT molecular complexity index is 173. The molecule has 0 bridgehead atoms. The van der Waals surface area contributed by atoms with Crippen molar-refractivity contribution < 1.29 is 14.6 Å². The predicted molar refractivity (Wildman–Crippen MR) is 53.7 cm³/mol. The molecule has 0 aliphatic heterocycles. The largest absolute Gasteiger partial charge is 0.394 e. The standard InChI is InChI=1S/C9H20N2O3/c1-6(2)8(10)9(13)11-7(4-12)5-14-3/h6-8,12H,4-5,10H2,1-3H3,(H,11,13)/t7?,8-/m0/s1. The molecule has 1 amide bonds. The van der Waals surface area contributed by atoms with Gasteiger partial charge in [0.1, 0.15) is 0 Å². The van der Waals surface area contributed by atoms with Crippen molar-refractivity contribution in [2.45, 2.75) is 25.9 Å². The molecule has 1 unspecified atom stereocenters. The Morgan fingerprint density at radius 2 is 2.14 bits per heavy atom. The SMILES string of the molecule is COCC(CO)NC(=O)[C@@H](N)C(C)C. The quantitative estimate of drug-likeness (QED) is 0.523. The third-order valence-electron chi connectivity index (χ3n) is 1.96. The fourth-order valence-corrected chi connectivity index (χ4v) is 0.941. The lowest BCUT2D eigenvalue weighted by Crippen LogP contribution is -2.50. The lowest BCUT2D eigenvalue weighted by atomic mass is 10.0. The molecular weight excluding hydrogens is 184 g/mol. The monoisotopic (exact) mass is 204 g/mol. The molecule has 0 heterocycles. The maximum Gasteiger partial charge on any atom is 0.237 e. The van der Waals surface area contributed by atoms with Crippen molar-refractivity contribution in [1.82, 2.24) is 5.32 Å². The molecule has 0 rings (SSSR count). The maximum absolute atomic E-state index is 11.4. The van der Waals surface area contributed by atoms with E-state index in [1.807, 2.05) is 13.8 Å². The summed E-state index contributed by atoms with van der Waals surface area (Å²) in [4.78, 5) is 11.4. The summed E-state index contributed by atoms with van der Waals surface area (Å²) in [7, 11) is 1.51. The number of methoxy groups -OCH3 is 1. The average Bonchev–Trinajstić information content (AvgIpc) is 2.15. The van der Waals surface area contributed by atoms with Gasteiger partial charge in [-0.15, -0.1) is 0 Å². The van der Waals surface area contributed by atoms with E-state index >= 15 is 0 Å². The minimum Gasteiger partial charge on any atom is -0.394 e. The van der Waals surface area contributed by atoms with E-state index in [2.05, 4.69) is 5.32 Å². The van der Waals surface area contributed by atoms with Gasteiger partial charge in [-0.05, 0) is 5.92 Å². The van der Waals surface area contributed by atoms with Crippen LogP contribution in [0.5, 0.6) is 0 Å². The highest BCUT2D eigenvalue weighted by molar-refractivity contribution is 5.82. The Morgan fingerprint density at radius 1 is 1.57 bits per heavy atom. The Hall–Kier alpha value is -0.650. The van der Waals surface area contributed by atoms with Gasteiger partial charge < -0.3 is 20.9 Å². The molecule has 84 valence electrons. The van der Waals surface area contributed by atoms with Crippen molar-refractivity contribution in [1.29, 1.82) is 0 Å². The fourth-order valence-electron chi connectivity index (χ4n) is 0.941. The second kappa shape index (κ2) is 6.75. The molecule has 0 saturated carbocycles. The minimum atomic E-state index is -0.541. The van der Waals surface area contributed by atoms with Crippen LogP contribution in [-0.4, -0.2) is 43.4 Å². The van der Waals surface area contributed by atoms with E-state index in [0.717, 1.165) is 0 Å². The Morgan fingerprint density at radius 3 is 2.50 bits per heavy atom. The first kappa shape index (κ1) is 13.4. The minimum absolute atomic E-state index is 0.0805. The number of rotatable bonds is 6. The molecule has 5 nitrogen and oxygen atoms in total. The Labute approximate surface area is 84.6 Å². The normalized spacial score (nSPS) is 15.3. The van der Waals surface area contributed by atoms with E-state index in [-0.39, 0.29) is 31.1 Å². The molecule has 2 atom stereocenters. The van der Waals surface area contributed by atoms with Crippen LogP contribution in [0.2, 0.25) is 0 Å². The first-order valence-electron chi connectivity index (χ1n) is 4.68. The lowest BCUT2D eigenvalue weighted by Gasteiger charge is -2.20. The van der Waals surface area contributed by atoms with Crippen molar-refractivity contribution in [3.63, 3.8) is 0 Å². The topological polar surface area (TPSA) is 84.6 Å². The van der Waals surface area contributed by atoms with Crippen LogP contribution in [0.25, 0.3) is 0 Å². The van der Waals surface area contributed by atoms with Gasteiger partial charge in [0, 0.05) is 7.11 Å². The number of hydrogen-bond acceptors (Lipinski definition) is 4. The van der Waals surface area contributed by atoms with Gasteiger partial charge in [0.15, 0.2) is 0 Å². The van der Waals surface area contributed by atoms with Gasteiger partial charge >= 0.3 is 0 Å². The number of ether oxygens (including phenoxy) is 1. The third kappa shape index (κ3) is 4.55. The average molecular weight is 204 g/mol. The number of aliphatic hydroxyl groups excluding tert-OH is 1. The van der Waals surface area contributed by atoms with Crippen LogP contribution in [0.15, 0.2) is 0 Å². The number of hydrogen-bond donors (Lipinski definition) is 3. The van der Waals surface area contributed by atoms with E-state index in [1.165, 1.54) is 7.11 Å². The summed E-state index contributed by atoms with van der Waals surface area (Å²) in [5.74, 6) is -0.173. The van der Waals surface area contributed by atoms with Crippen molar-refractivity contribution in [2.24, 2.45) is 11.7 Å². The molecule has 0 aliphatic carbocycles. The molecule has 0 aromatic rings. The van der Waals surface area contributed by atoms with Crippen molar-refractivity contribution in [3.8, 4) is 0 Å². The second-order valence-corrected chi connectivity index (χ2v) is 3.61. The number of carbonyl (C=O) groups is 1. The van der Waals surface area contributed by atoms with Gasteiger partial charge in [0.25, 0.3) is 0 Å². The van der Waals surface area contributed by atoms with Crippen LogP contribution in [0.4, 0.5) is 0 Å². The van der Waals surface area contributed by atoms with Gasteiger partial charge in [-0.2, -0.15) is 0 Å². The summed E-state index contributed by atoms with van der Waals surface area (Å²) in [5.41, 5.74) is 5.62. The van der Waals surface area contributed by atoms with Gasteiger partial charge in [0.2, 0.25) is 5.91 Å². The molecule has 4 N–H and O–H groups in total. The Kier molecular flexibility index (Phi) is 6.44.